The van der Waals surface area contributed by atoms with Gasteiger partial charge in [-0.25, -0.2) is 9.97 Å². The first-order chi connectivity index (χ1) is 13.0. The molecule has 27 heavy (non-hydrogen) atoms. The van der Waals surface area contributed by atoms with Gasteiger partial charge in [-0.2, -0.15) is 0 Å². The fourth-order valence-corrected chi connectivity index (χ4v) is 3.77. The lowest BCUT2D eigenvalue weighted by Gasteiger charge is -2.23. The van der Waals surface area contributed by atoms with Crippen LogP contribution in [0, 0.1) is 13.8 Å². The van der Waals surface area contributed by atoms with Crippen LogP contribution in [-0.2, 0) is 14.3 Å². The predicted molar refractivity (Wildman–Crippen MR) is 103 cm³/mol. The minimum absolute atomic E-state index is 0.0551. The molecule has 0 spiro atoms. The summed E-state index contributed by atoms with van der Waals surface area (Å²) in [5.41, 5.74) is 2.39. The van der Waals surface area contributed by atoms with E-state index < -0.39 is 12.1 Å². The minimum atomic E-state index is -0.905. The van der Waals surface area contributed by atoms with Crippen LogP contribution >= 0.6 is 11.8 Å². The van der Waals surface area contributed by atoms with E-state index >= 15 is 0 Å². The second kappa shape index (κ2) is 8.99. The molecule has 0 N–H and O–H groups in total. The van der Waals surface area contributed by atoms with Crippen LogP contribution in [-0.4, -0.2) is 45.6 Å². The van der Waals surface area contributed by atoms with Gasteiger partial charge in [-0.05, 0) is 32.8 Å². The van der Waals surface area contributed by atoms with Gasteiger partial charge in [-0.3, -0.25) is 9.59 Å². The van der Waals surface area contributed by atoms with Gasteiger partial charge in [-0.1, -0.05) is 42.1 Å². The normalized spacial score (nSPS) is 14.8. The summed E-state index contributed by atoms with van der Waals surface area (Å²) in [4.78, 5) is 35.7. The van der Waals surface area contributed by atoms with Gasteiger partial charge < -0.3 is 9.64 Å². The Morgan fingerprint density at radius 3 is 2.37 bits per heavy atom. The van der Waals surface area contributed by atoms with Crippen LogP contribution in [0.15, 0.2) is 41.6 Å². The Morgan fingerprint density at radius 2 is 1.74 bits per heavy atom. The van der Waals surface area contributed by atoms with Gasteiger partial charge in [0.2, 0.25) is 6.10 Å². The number of rotatable bonds is 6. The first-order valence-corrected chi connectivity index (χ1v) is 10.00. The van der Waals surface area contributed by atoms with Gasteiger partial charge in [0.25, 0.3) is 5.91 Å². The van der Waals surface area contributed by atoms with Crippen molar-refractivity contribution >= 4 is 23.6 Å². The third-order valence-corrected chi connectivity index (χ3v) is 5.10. The molecule has 1 aliphatic rings. The van der Waals surface area contributed by atoms with E-state index in [2.05, 4.69) is 9.97 Å². The molecular formula is C20H23N3O3S. The van der Waals surface area contributed by atoms with Crippen LogP contribution in [0.25, 0.3) is 0 Å². The van der Waals surface area contributed by atoms with Crippen molar-refractivity contribution in [3.63, 3.8) is 0 Å². The summed E-state index contributed by atoms with van der Waals surface area (Å²) in [5.74, 6) is -0.552. The predicted octanol–water partition coefficient (Wildman–Crippen LogP) is 3.09. The first kappa shape index (κ1) is 19.4. The lowest BCUT2D eigenvalue weighted by atomic mass is 10.1. The van der Waals surface area contributed by atoms with E-state index in [9.17, 15) is 9.59 Å². The van der Waals surface area contributed by atoms with Crippen molar-refractivity contribution in [2.45, 2.75) is 37.9 Å². The highest BCUT2D eigenvalue weighted by molar-refractivity contribution is 7.99. The second-order valence-electron chi connectivity index (χ2n) is 6.53. The highest BCUT2D eigenvalue weighted by Crippen LogP contribution is 2.24. The van der Waals surface area contributed by atoms with Crippen molar-refractivity contribution in [3.8, 4) is 0 Å². The molecule has 142 valence electrons. The number of hydrogen-bond donors (Lipinski definition) is 0. The maximum absolute atomic E-state index is 12.9. The molecule has 1 amide bonds. The number of thioether (sulfide) groups is 1. The summed E-state index contributed by atoms with van der Waals surface area (Å²) < 4.78 is 5.59. The van der Waals surface area contributed by atoms with Crippen molar-refractivity contribution in [3.05, 3.63) is 53.3 Å². The highest BCUT2D eigenvalue weighted by atomic mass is 32.2. The molecule has 7 heteroatoms. The van der Waals surface area contributed by atoms with Gasteiger partial charge in [0.05, 0.1) is 5.75 Å². The lowest BCUT2D eigenvalue weighted by molar-refractivity contribution is -0.158. The zero-order valence-corrected chi connectivity index (χ0v) is 16.4. The number of aromatic nitrogens is 2. The standard InChI is InChI=1S/C20H23N3O3S/c1-14-12-15(2)22-20(21-14)27-13-17(24)26-18(16-8-4-3-5-9-16)19(25)23-10-6-7-11-23/h3-5,8-9,12,18H,6-7,10-11,13H2,1-2H3. The molecule has 1 unspecified atom stereocenters. The van der Waals surface area contributed by atoms with Crippen molar-refractivity contribution in [2.24, 2.45) is 0 Å². The van der Waals surface area contributed by atoms with Gasteiger partial charge in [0, 0.05) is 30.0 Å². The molecule has 2 heterocycles. The largest absolute Gasteiger partial charge is 0.447 e. The average molecular weight is 385 g/mol. The SMILES string of the molecule is Cc1cc(C)nc(SCC(=O)OC(C(=O)N2CCCC2)c2ccccc2)n1. The molecule has 0 saturated carbocycles. The van der Waals surface area contributed by atoms with Crippen LogP contribution in [0.5, 0.6) is 0 Å². The summed E-state index contributed by atoms with van der Waals surface area (Å²) in [6.07, 6.45) is 1.07. The zero-order valence-electron chi connectivity index (χ0n) is 15.6. The number of likely N-dealkylation sites (tertiary alicyclic amines) is 1. The molecular weight excluding hydrogens is 362 g/mol. The van der Waals surface area contributed by atoms with E-state index in [4.69, 9.17) is 4.74 Å². The Morgan fingerprint density at radius 1 is 1.11 bits per heavy atom. The molecule has 2 aromatic rings. The number of esters is 1. The van der Waals surface area contributed by atoms with Gasteiger partial charge in [-0.15, -0.1) is 0 Å². The number of hydrogen-bond acceptors (Lipinski definition) is 6. The Labute approximate surface area is 163 Å². The van der Waals surface area contributed by atoms with Crippen LogP contribution in [0.1, 0.15) is 35.9 Å². The molecule has 1 aromatic carbocycles. The Bertz CT molecular complexity index is 787. The summed E-state index contributed by atoms with van der Waals surface area (Å²) in [6.45, 7) is 5.20. The van der Waals surface area contributed by atoms with Gasteiger partial charge in [0.1, 0.15) is 0 Å². The molecule has 1 aliphatic heterocycles. The number of carbonyl (C=O) groups is 2. The van der Waals surface area contributed by atoms with Crippen molar-refractivity contribution in [2.75, 3.05) is 18.8 Å². The Hall–Kier alpha value is -2.41. The van der Waals surface area contributed by atoms with Crippen molar-refractivity contribution < 1.29 is 14.3 Å². The van der Waals surface area contributed by atoms with Crippen LogP contribution in [0.4, 0.5) is 0 Å². The van der Waals surface area contributed by atoms with Crippen LogP contribution < -0.4 is 0 Å². The average Bonchev–Trinajstić information content (AvgIpc) is 3.19. The van der Waals surface area contributed by atoms with E-state index in [-0.39, 0.29) is 11.7 Å². The van der Waals surface area contributed by atoms with Gasteiger partial charge in [0.15, 0.2) is 5.16 Å². The summed E-state index contributed by atoms with van der Waals surface area (Å²) in [6, 6.07) is 11.0. The molecule has 0 radical (unpaired) electrons. The molecule has 0 bridgehead atoms. The molecule has 1 fully saturated rings. The van der Waals surface area contributed by atoms with E-state index in [1.54, 1.807) is 4.90 Å². The number of nitrogens with zero attached hydrogens (tertiary/aromatic N) is 3. The lowest BCUT2D eigenvalue weighted by Crippen LogP contribution is -2.35. The fourth-order valence-electron chi connectivity index (χ4n) is 3.04. The molecule has 1 aromatic heterocycles. The zero-order chi connectivity index (χ0) is 19.2. The number of benzene rings is 1. The summed E-state index contributed by atoms with van der Waals surface area (Å²) >= 11 is 1.22. The van der Waals surface area contributed by atoms with Crippen LogP contribution in [0.2, 0.25) is 0 Å². The maximum atomic E-state index is 12.9. The van der Waals surface area contributed by atoms with Crippen molar-refractivity contribution in [1.82, 2.24) is 14.9 Å². The Balaban J connectivity index is 1.67. The third kappa shape index (κ3) is 5.29. The van der Waals surface area contributed by atoms with Crippen molar-refractivity contribution in [1.29, 1.82) is 0 Å². The number of carbonyl (C=O) groups excluding carboxylic acids is 2. The van der Waals surface area contributed by atoms with E-state index in [0.29, 0.717) is 23.8 Å². The molecule has 1 atom stereocenters. The summed E-state index contributed by atoms with van der Waals surface area (Å²) in [5, 5.41) is 0.534. The number of amides is 1. The highest BCUT2D eigenvalue weighted by Gasteiger charge is 2.30. The second-order valence-corrected chi connectivity index (χ2v) is 7.48. The number of ether oxygens (including phenoxy) is 1. The minimum Gasteiger partial charge on any atom is -0.447 e. The molecule has 0 aliphatic carbocycles. The molecule has 6 nitrogen and oxygen atoms in total. The maximum Gasteiger partial charge on any atom is 0.317 e. The number of aryl methyl sites for hydroxylation is 2. The quantitative estimate of drug-likeness (QED) is 0.432. The van der Waals surface area contributed by atoms with Gasteiger partial charge >= 0.3 is 5.97 Å². The smallest absolute Gasteiger partial charge is 0.317 e. The third-order valence-electron chi connectivity index (χ3n) is 4.27. The summed E-state index contributed by atoms with van der Waals surface area (Å²) in [7, 11) is 0. The Kier molecular flexibility index (Phi) is 6.45. The topological polar surface area (TPSA) is 72.4 Å². The molecule has 1 saturated heterocycles. The van der Waals surface area contributed by atoms with E-state index in [0.717, 1.165) is 24.2 Å². The van der Waals surface area contributed by atoms with E-state index in [1.807, 2.05) is 50.2 Å². The van der Waals surface area contributed by atoms with Crippen LogP contribution in [0.3, 0.4) is 0 Å². The first-order valence-electron chi connectivity index (χ1n) is 9.01. The molecule has 3 rings (SSSR count). The monoisotopic (exact) mass is 385 g/mol. The fraction of sp³-hybridized carbons (Fsp3) is 0.400. The van der Waals surface area contributed by atoms with E-state index in [1.165, 1.54) is 11.8 Å².